The van der Waals surface area contributed by atoms with E-state index in [0.717, 1.165) is 5.56 Å². The van der Waals surface area contributed by atoms with Crippen LogP contribution in [0.2, 0.25) is 0 Å². The molecule has 0 aliphatic heterocycles. The molecule has 1 aromatic heterocycles. The SMILES string of the molecule is COC(=O)c1ccccc1C(=O)NC(Cn1nccn1)c1ccccc1. The van der Waals surface area contributed by atoms with Crippen molar-refractivity contribution >= 4 is 11.9 Å². The molecule has 1 N–H and O–H groups in total. The molecule has 3 rings (SSSR count). The van der Waals surface area contributed by atoms with Gasteiger partial charge in [0.15, 0.2) is 0 Å². The highest BCUT2D eigenvalue weighted by molar-refractivity contribution is 6.05. The van der Waals surface area contributed by atoms with Gasteiger partial charge < -0.3 is 10.1 Å². The van der Waals surface area contributed by atoms with Gasteiger partial charge in [0.1, 0.15) is 0 Å². The van der Waals surface area contributed by atoms with E-state index in [1.165, 1.54) is 11.9 Å². The number of ether oxygens (including phenoxy) is 1. The number of benzene rings is 2. The summed E-state index contributed by atoms with van der Waals surface area (Å²) in [6, 6.07) is 15.7. The summed E-state index contributed by atoms with van der Waals surface area (Å²) < 4.78 is 4.76. The molecule has 0 radical (unpaired) electrons. The Labute approximate surface area is 150 Å². The molecular weight excluding hydrogens is 332 g/mol. The molecule has 0 fully saturated rings. The molecule has 3 aromatic rings. The Balaban J connectivity index is 1.87. The molecule has 0 aliphatic carbocycles. The molecule has 0 saturated carbocycles. The van der Waals surface area contributed by atoms with Gasteiger partial charge in [-0.3, -0.25) is 4.79 Å². The molecule has 2 aromatic carbocycles. The first-order valence-electron chi connectivity index (χ1n) is 8.06. The van der Waals surface area contributed by atoms with Crippen LogP contribution in [0.25, 0.3) is 0 Å². The number of amides is 1. The van der Waals surface area contributed by atoms with E-state index in [1.54, 1.807) is 36.7 Å². The Bertz CT molecular complexity index is 879. The number of hydrogen-bond acceptors (Lipinski definition) is 5. The Morgan fingerprint density at radius 2 is 1.62 bits per heavy atom. The van der Waals surface area contributed by atoms with Crippen molar-refractivity contribution in [3.8, 4) is 0 Å². The van der Waals surface area contributed by atoms with Gasteiger partial charge in [0.2, 0.25) is 0 Å². The number of hydrogen-bond donors (Lipinski definition) is 1. The third-order valence-electron chi connectivity index (χ3n) is 3.90. The molecule has 1 heterocycles. The Hall–Kier alpha value is -3.48. The molecule has 1 atom stereocenters. The van der Waals surface area contributed by atoms with Crippen LogP contribution in [0, 0.1) is 0 Å². The van der Waals surface area contributed by atoms with Crippen molar-refractivity contribution in [3.05, 3.63) is 83.7 Å². The number of nitrogens with one attached hydrogen (secondary N) is 1. The minimum atomic E-state index is -0.555. The molecule has 0 bridgehead atoms. The number of carbonyl (C=O) groups is 2. The monoisotopic (exact) mass is 350 g/mol. The third kappa shape index (κ3) is 3.94. The second-order valence-corrected chi connectivity index (χ2v) is 5.56. The fraction of sp³-hybridized carbons (Fsp3) is 0.158. The first-order chi connectivity index (χ1) is 12.7. The van der Waals surface area contributed by atoms with Gasteiger partial charge in [0, 0.05) is 0 Å². The van der Waals surface area contributed by atoms with Gasteiger partial charge in [-0.15, -0.1) is 0 Å². The average molecular weight is 350 g/mol. The second kappa shape index (κ2) is 8.06. The maximum Gasteiger partial charge on any atom is 0.338 e. The maximum atomic E-state index is 12.8. The van der Waals surface area contributed by atoms with Crippen LogP contribution in [-0.4, -0.2) is 34.0 Å². The lowest BCUT2D eigenvalue weighted by Gasteiger charge is -2.19. The van der Waals surface area contributed by atoms with E-state index in [-0.39, 0.29) is 23.1 Å². The van der Waals surface area contributed by atoms with Crippen molar-refractivity contribution in [3.63, 3.8) is 0 Å². The molecule has 0 aliphatic rings. The summed E-state index contributed by atoms with van der Waals surface area (Å²) in [5.74, 6) is -0.923. The van der Waals surface area contributed by atoms with E-state index in [0.29, 0.717) is 6.54 Å². The number of esters is 1. The fourth-order valence-corrected chi connectivity index (χ4v) is 2.63. The second-order valence-electron chi connectivity index (χ2n) is 5.56. The zero-order valence-electron chi connectivity index (χ0n) is 14.2. The molecule has 7 nitrogen and oxygen atoms in total. The maximum absolute atomic E-state index is 12.8. The summed E-state index contributed by atoms with van der Waals surface area (Å²) >= 11 is 0. The first-order valence-corrected chi connectivity index (χ1v) is 8.06. The van der Waals surface area contributed by atoms with Gasteiger partial charge in [-0.1, -0.05) is 42.5 Å². The predicted molar refractivity (Wildman–Crippen MR) is 94.5 cm³/mol. The zero-order valence-corrected chi connectivity index (χ0v) is 14.2. The first kappa shape index (κ1) is 17.3. The van der Waals surface area contributed by atoms with E-state index in [4.69, 9.17) is 4.74 Å². The van der Waals surface area contributed by atoms with Crippen LogP contribution in [0.3, 0.4) is 0 Å². The van der Waals surface area contributed by atoms with Crippen molar-refractivity contribution < 1.29 is 14.3 Å². The smallest absolute Gasteiger partial charge is 0.338 e. The highest BCUT2D eigenvalue weighted by Crippen LogP contribution is 2.17. The van der Waals surface area contributed by atoms with E-state index in [1.807, 2.05) is 30.3 Å². The van der Waals surface area contributed by atoms with Gasteiger partial charge >= 0.3 is 5.97 Å². The number of aromatic nitrogens is 3. The van der Waals surface area contributed by atoms with Crippen LogP contribution >= 0.6 is 0 Å². The summed E-state index contributed by atoms with van der Waals surface area (Å²) in [5.41, 5.74) is 1.39. The van der Waals surface area contributed by atoms with Crippen molar-refractivity contribution in [2.75, 3.05) is 7.11 Å². The zero-order chi connectivity index (χ0) is 18.4. The fourth-order valence-electron chi connectivity index (χ4n) is 2.63. The lowest BCUT2D eigenvalue weighted by Crippen LogP contribution is -2.33. The van der Waals surface area contributed by atoms with Crippen molar-refractivity contribution in [1.29, 1.82) is 0 Å². The largest absolute Gasteiger partial charge is 0.465 e. The third-order valence-corrected chi connectivity index (χ3v) is 3.90. The Morgan fingerprint density at radius 1 is 1.00 bits per heavy atom. The molecule has 132 valence electrons. The highest BCUT2D eigenvalue weighted by atomic mass is 16.5. The number of methoxy groups -OCH3 is 1. The Kier molecular flexibility index (Phi) is 5.38. The van der Waals surface area contributed by atoms with Crippen molar-refractivity contribution in [2.45, 2.75) is 12.6 Å². The van der Waals surface area contributed by atoms with Gasteiger partial charge in [0.25, 0.3) is 5.91 Å². The highest BCUT2D eigenvalue weighted by Gasteiger charge is 2.21. The van der Waals surface area contributed by atoms with Gasteiger partial charge in [-0.05, 0) is 17.7 Å². The topological polar surface area (TPSA) is 86.1 Å². The molecule has 0 spiro atoms. The lowest BCUT2D eigenvalue weighted by molar-refractivity contribution is 0.0596. The standard InChI is InChI=1S/C19H18N4O3/c1-26-19(25)16-10-6-5-9-15(16)18(24)22-17(13-23-20-11-12-21-23)14-7-3-2-4-8-14/h2-12,17H,13H2,1H3,(H,22,24). The van der Waals surface area contributed by atoms with E-state index < -0.39 is 5.97 Å². The molecule has 1 unspecified atom stereocenters. The van der Waals surface area contributed by atoms with Crippen LogP contribution in [-0.2, 0) is 11.3 Å². The van der Waals surface area contributed by atoms with E-state index >= 15 is 0 Å². The van der Waals surface area contributed by atoms with Crippen LogP contribution in [0.1, 0.15) is 32.3 Å². The molecule has 26 heavy (non-hydrogen) atoms. The summed E-state index contributed by atoms with van der Waals surface area (Å²) in [5, 5.41) is 11.2. The van der Waals surface area contributed by atoms with Crippen LogP contribution < -0.4 is 5.32 Å². The molecule has 7 heteroatoms. The summed E-state index contributed by atoms with van der Waals surface area (Å²) in [7, 11) is 1.28. The van der Waals surface area contributed by atoms with E-state index in [2.05, 4.69) is 15.5 Å². The normalized spacial score (nSPS) is 11.6. The minimum absolute atomic E-state index is 0.219. The number of rotatable bonds is 6. The van der Waals surface area contributed by atoms with Gasteiger partial charge in [0.05, 0.1) is 43.2 Å². The molecule has 0 saturated heterocycles. The van der Waals surface area contributed by atoms with Gasteiger partial charge in [-0.2, -0.15) is 15.0 Å². The number of carbonyl (C=O) groups excluding carboxylic acids is 2. The van der Waals surface area contributed by atoms with Crippen LogP contribution in [0.15, 0.2) is 67.0 Å². The van der Waals surface area contributed by atoms with Crippen LogP contribution in [0.5, 0.6) is 0 Å². The summed E-state index contributed by atoms with van der Waals surface area (Å²) in [6.45, 7) is 0.364. The molecule has 1 amide bonds. The predicted octanol–water partition coefficient (Wildman–Crippen LogP) is 2.24. The summed E-state index contributed by atoms with van der Waals surface area (Å²) in [4.78, 5) is 26.3. The average Bonchev–Trinajstić information content (AvgIpc) is 3.20. The number of nitrogens with zero attached hydrogens (tertiary/aromatic N) is 3. The molecular formula is C19H18N4O3. The van der Waals surface area contributed by atoms with Crippen molar-refractivity contribution in [2.24, 2.45) is 0 Å². The summed E-state index contributed by atoms with van der Waals surface area (Å²) in [6.07, 6.45) is 3.16. The minimum Gasteiger partial charge on any atom is -0.465 e. The quantitative estimate of drug-likeness (QED) is 0.689. The Morgan fingerprint density at radius 3 is 2.27 bits per heavy atom. The van der Waals surface area contributed by atoms with E-state index in [9.17, 15) is 9.59 Å². The van der Waals surface area contributed by atoms with Crippen LogP contribution in [0.4, 0.5) is 0 Å². The van der Waals surface area contributed by atoms with Gasteiger partial charge in [-0.25, -0.2) is 4.79 Å². The lowest BCUT2D eigenvalue weighted by atomic mass is 10.0. The van der Waals surface area contributed by atoms with Crippen molar-refractivity contribution in [1.82, 2.24) is 20.3 Å².